The van der Waals surface area contributed by atoms with Gasteiger partial charge in [0.15, 0.2) is 0 Å². The second-order valence-corrected chi connectivity index (χ2v) is 4.25. The molecule has 1 atom stereocenters. The third kappa shape index (κ3) is 2.17. The third-order valence-electron chi connectivity index (χ3n) is 2.96. The molecule has 0 bridgehead atoms. The molecule has 0 amide bonds. The highest BCUT2D eigenvalue weighted by Gasteiger charge is 2.35. The molecule has 17 heavy (non-hydrogen) atoms. The molecule has 0 N–H and O–H groups in total. The van der Waals surface area contributed by atoms with Gasteiger partial charge in [-0.1, -0.05) is 11.6 Å². The van der Waals surface area contributed by atoms with Gasteiger partial charge in [-0.25, -0.2) is 4.79 Å². The van der Waals surface area contributed by atoms with Crippen molar-refractivity contribution in [2.24, 2.45) is 0 Å². The lowest BCUT2D eigenvalue weighted by atomic mass is 10.0. The SMILES string of the molecule is COC(=O)C1CCN1c1ccc(OC)c(Cl)c1. The molecule has 1 aliphatic heterocycles. The largest absolute Gasteiger partial charge is 0.495 e. The van der Waals surface area contributed by atoms with Gasteiger partial charge >= 0.3 is 5.97 Å². The summed E-state index contributed by atoms with van der Waals surface area (Å²) in [7, 11) is 2.97. The van der Waals surface area contributed by atoms with Crippen molar-refractivity contribution < 1.29 is 14.3 Å². The summed E-state index contributed by atoms with van der Waals surface area (Å²) in [5, 5.41) is 0.542. The highest BCUT2D eigenvalue weighted by Crippen LogP contribution is 2.33. The van der Waals surface area contributed by atoms with Gasteiger partial charge in [0, 0.05) is 12.2 Å². The van der Waals surface area contributed by atoms with Crippen LogP contribution in [0, 0.1) is 0 Å². The minimum atomic E-state index is -0.205. The van der Waals surface area contributed by atoms with Gasteiger partial charge in [-0.15, -0.1) is 0 Å². The van der Waals surface area contributed by atoms with E-state index in [2.05, 4.69) is 0 Å². The van der Waals surface area contributed by atoms with Crippen molar-refractivity contribution in [3.8, 4) is 5.75 Å². The molecule has 0 radical (unpaired) electrons. The number of carbonyl (C=O) groups is 1. The summed E-state index contributed by atoms with van der Waals surface area (Å²) in [5.41, 5.74) is 0.914. The molecule has 1 saturated heterocycles. The number of rotatable bonds is 3. The first-order valence-corrected chi connectivity index (χ1v) is 5.73. The molecule has 92 valence electrons. The van der Waals surface area contributed by atoms with Crippen LogP contribution in [0.1, 0.15) is 6.42 Å². The maximum atomic E-state index is 11.5. The van der Waals surface area contributed by atoms with Gasteiger partial charge in [-0.2, -0.15) is 0 Å². The molecule has 5 heteroatoms. The lowest BCUT2D eigenvalue weighted by Crippen LogP contribution is -2.53. The molecule has 0 aromatic heterocycles. The summed E-state index contributed by atoms with van der Waals surface area (Å²) >= 11 is 6.05. The van der Waals surface area contributed by atoms with Crippen LogP contribution in [-0.2, 0) is 9.53 Å². The van der Waals surface area contributed by atoms with Crippen LogP contribution in [0.15, 0.2) is 18.2 Å². The number of benzene rings is 1. The number of ether oxygens (including phenoxy) is 2. The summed E-state index contributed by atoms with van der Waals surface area (Å²) in [6, 6.07) is 5.30. The Balaban J connectivity index is 2.18. The van der Waals surface area contributed by atoms with Crippen LogP contribution < -0.4 is 9.64 Å². The number of halogens is 1. The zero-order valence-corrected chi connectivity index (χ0v) is 10.5. The molecular formula is C12H14ClNO3. The predicted molar refractivity (Wildman–Crippen MR) is 65.8 cm³/mol. The van der Waals surface area contributed by atoms with Gasteiger partial charge in [0.1, 0.15) is 11.8 Å². The molecular weight excluding hydrogens is 242 g/mol. The first-order chi connectivity index (χ1) is 8.17. The van der Waals surface area contributed by atoms with E-state index in [1.807, 2.05) is 11.0 Å². The molecule has 1 aromatic rings. The summed E-state index contributed by atoms with van der Waals surface area (Å²) < 4.78 is 9.83. The Hall–Kier alpha value is -1.42. The number of anilines is 1. The van der Waals surface area contributed by atoms with Gasteiger partial charge in [-0.3, -0.25) is 0 Å². The van der Waals surface area contributed by atoms with Crippen molar-refractivity contribution in [3.05, 3.63) is 23.2 Å². The first kappa shape index (κ1) is 12.0. The summed E-state index contributed by atoms with van der Waals surface area (Å²) in [4.78, 5) is 13.4. The number of hydrogen-bond donors (Lipinski definition) is 0. The van der Waals surface area contributed by atoms with Crippen LogP contribution in [0.3, 0.4) is 0 Å². The molecule has 1 fully saturated rings. The Labute approximate surface area is 105 Å². The lowest BCUT2D eigenvalue weighted by molar-refractivity contribution is -0.143. The van der Waals surface area contributed by atoms with Crippen LogP contribution in [0.25, 0.3) is 0 Å². The summed E-state index contributed by atoms with van der Waals surface area (Å²) in [6.07, 6.45) is 0.816. The van der Waals surface area contributed by atoms with E-state index in [9.17, 15) is 4.79 Å². The van der Waals surface area contributed by atoms with Crippen LogP contribution in [0.4, 0.5) is 5.69 Å². The van der Waals surface area contributed by atoms with Crippen molar-refractivity contribution in [1.29, 1.82) is 0 Å². The molecule has 1 heterocycles. The minimum absolute atomic E-state index is 0.190. The van der Waals surface area contributed by atoms with Gasteiger partial charge < -0.3 is 14.4 Å². The Morgan fingerprint density at radius 2 is 2.24 bits per heavy atom. The number of carbonyl (C=O) groups excluding carboxylic acids is 1. The standard InChI is InChI=1S/C12H14ClNO3/c1-16-11-4-3-8(7-9(11)13)14-6-5-10(14)12(15)17-2/h3-4,7,10H,5-6H2,1-2H3. The van der Waals surface area contributed by atoms with Crippen LogP contribution >= 0.6 is 11.6 Å². The Bertz CT molecular complexity index is 436. The molecule has 1 aromatic carbocycles. The fourth-order valence-corrected chi connectivity index (χ4v) is 2.16. The van der Waals surface area contributed by atoms with E-state index in [0.29, 0.717) is 10.8 Å². The van der Waals surface area contributed by atoms with E-state index < -0.39 is 0 Å². The van der Waals surface area contributed by atoms with Crippen molar-refractivity contribution in [1.82, 2.24) is 0 Å². The molecule has 4 nitrogen and oxygen atoms in total. The average Bonchev–Trinajstić information content (AvgIpc) is 2.27. The normalized spacial score (nSPS) is 18.5. The second-order valence-electron chi connectivity index (χ2n) is 3.84. The highest BCUT2D eigenvalue weighted by molar-refractivity contribution is 6.32. The van der Waals surface area contributed by atoms with Crippen molar-refractivity contribution >= 4 is 23.3 Å². The van der Waals surface area contributed by atoms with E-state index in [-0.39, 0.29) is 12.0 Å². The van der Waals surface area contributed by atoms with Crippen LogP contribution in [0.2, 0.25) is 5.02 Å². The van der Waals surface area contributed by atoms with E-state index in [0.717, 1.165) is 18.7 Å². The molecule has 2 rings (SSSR count). The zero-order valence-electron chi connectivity index (χ0n) is 9.77. The smallest absolute Gasteiger partial charge is 0.328 e. The number of methoxy groups -OCH3 is 2. The summed E-state index contributed by atoms with van der Waals surface area (Å²) in [6.45, 7) is 0.836. The predicted octanol–water partition coefficient (Wildman–Crippen LogP) is 2.10. The van der Waals surface area contributed by atoms with Crippen molar-refractivity contribution in [2.75, 3.05) is 25.7 Å². The Kier molecular flexibility index (Phi) is 3.43. The van der Waals surface area contributed by atoms with Crippen molar-refractivity contribution in [2.45, 2.75) is 12.5 Å². The lowest BCUT2D eigenvalue weighted by Gasteiger charge is -2.40. The quantitative estimate of drug-likeness (QED) is 0.776. The molecule has 1 unspecified atom stereocenters. The van der Waals surface area contributed by atoms with Crippen LogP contribution in [0.5, 0.6) is 5.75 Å². The second kappa shape index (κ2) is 4.84. The fourth-order valence-electron chi connectivity index (χ4n) is 1.91. The van der Waals surface area contributed by atoms with Crippen molar-refractivity contribution in [3.63, 3.8) is 0 Å². The van der Waals surface area contributed by atoms with Gasteiger partial charge in [-0.05, 0) is 24.6 Å². The first-order valence-electron chi connectivity index (χ1n) is 5.35. The van der Waals surface area contributed by atoms with Crippen LogP contribution in [-0.4, -0.2) is 32.8 Å². The average molecular weight is 256 g/mol. The molecule has 0 spiro atoms. The number of esters is 1. The van der Waals surface area contributed by atoms with Gasteiger partial charge in [0.05, 0.1) is 19.2 Å². The topological polar surface area (TPSA) is 38.8 Å². The Morgan fingerprint density at radius 1 is 1.47 bits per heavy atom. The van der Waals surface area contributed by atoms with Gasteiger partial charge in [0.2, 0.25) is 0 Å². The molecule has 0 aliphatic carbocycles. The van der Waals surface area contributed by atoms with E-state index >= 15 is 0 Å². The number of hydrogen-bond acceptors (Lipinski definition) is 4. The van der Waals surface area contributed by atoms with E-state index in [4.69, 9.17) is 21.1 Å². The monoisotopic (exact) mass is 255 g/mol. The number of nitrogens with zero attached hydrogens (tertiary/aromatic N) is 1. The highest BCUT2D eigenvalue weighted by atomic mass is 35.5. The molecule has 0 saturated carbocycles. The maximum Gasteiger partial charge on any atom is 0.328 e. The molecule has 1 aliphatic rings. The fraction of sp³-hybridized carbons (Fsp3) is 0.417. The van der Waals surface area contributed by atoms with Gasteiger partial charge in [0.25, 0.3) is 0 Å². The third-order valence-corrected chi connectivity index (χ3v) is 3.26. The maximum absolute atomic E-state index is 11.5. The van der Waals surface area contributed by atoms with E-state index in [1.54, 1.807) is 19.2 Å². The Morgan fingerprint density at radius 3 is 2.71 bits per heavy atom. The van der Waals surface area contributed by atoms with E-state index in [1.165, 1.54) is 7.11 Å². The minimum Gasteiger partial charge on any atom is -0.495 e. The summed E-state index contributed by atoms with van der Waals surface area (Å²) in [5.74, 6) is 0.425. The zero-order chi connectivity index (χ0) is 12.4.